The van der Waals surface area contributed by atoms with E-state index in [0.29, 0.717) is 21.0 Å². The minimum absolute atomic E-state index is 0.0234. The molecule has 1 amide bonds. The van der Waals surface area contributed by atoms with Crippen molar-refractivity contribution in [3.63, 3.8) is 0 Å². The van der Waals surface area contributed by atoms with E-state index in [4.69, 9.17) is 28.2 Å². The van der Waals surface area contributed by atoms with Crippen molar-refractivity contribution in [2.75, 3.05) is 18.5 Å². The number of aromatic nitrogens is 2. The van der Waals surface area contributed by atoms with Crippen LogP contribution >= 0.6 is 42.3 Å². The Hall–Kier alpha value is -2.28. The van der Waals surface area contributed by atoms with E-state index in [9.17, 15) is 9.36 Å². The van der Waals surface area contributed by atoms with E-state index < -0.39 is 7.80 Å². The Labute approximate surface area is 235 Å². The fraction of sp³-hybridized carbons (Fsp3) is 0.357. The molecule has 194 valence electrons. The molecule has 3 unspecified atom stereocenters. The molecule has 6 nitrogen and oxygen atoms in total. The van der Waals surface area contributed by atoms with E-state index >= 15 is 0 Å². The molecular formula is C28H26Cl2N4O2PS+. The lowest BCUT2D eigenvalue weighted by Gasteiger charge is -2.30. The maximum absolute atomic E-state index is 14.1. The Morgan fingerprint density at radius 1 is 1.13 bits per heavy atom. The second-order valence-electron chi connectivity index (χ2n) is 10.6. The lowest BCUT2D eigenvalue weighted by molar-refractivity contribution is -0.121. The summed E-state index contributed by atoms with van der Waals surface area (Å²) in [4.78, 5) is 22.7. The minimum Gasteiger partial charge on any atom is -0.326 e. The van der Waals surface area contributed by atoms with Crippen molar-refractivity contribution in [2.45, 2.75) is 43.3 Å². The van der Waals surface area contributed by atoms with Crippen LogP contribution in [0.1, 0.15) is 35.4 Å². The third kappa shape index (κ3) is 4.20. The number of carbonyl (C=O) groups is 1. The van der Waals surface area contributed by atoms with Crippen LogP contribution in [0.4, 0.5) is 5.69 Å². The van der Waals surface area contributed by atoms with Gasteiger partial charge in [-0.3, -0.25) is 9.69 Å². The molecule has 5 atom stereocenters. The summed E-state index contributed by atoms with van der Waals surface area (Å²) in [6.45, 7) is 3.40. The highest BCUT2D eigenvalue weighted by Crippen LogP contribution is 2.55. The number of amides is 1. The van der Waals surface area contributed by atoms with Gasteiger partial charge >= 0.3 is 7.80 Å². The fourth-order valence-corrected chi connectivity index (χ4v) is 8.37. The maximum Gasteiger partial charge on any atom is 0.373 e. The topological polar surface area (TPSA) is 67.2 Å². The van der Waals surface area contributed by atoms with E-state index in [1.165, 1.54) is 12.8 Å². The number of anilines is 1. The summed E-state index contributed by atoms with van der Waals surface area (Å²) in [6, 6.07) is 17.1. The third-order valence-corrected chi connectivity index (χ3v) is 10.7. The Bertz CT molecular complexity index is 1600. The molecule has 1 saturated heterocycles. The van der Waals surface area contributed by atoms with Crippen LogP contribution in [-0.4, -0.2) is 45.7 Å². The number of nitrogens with one attached hydrogen (secondary N) is 1. The predicted molar refractivity (Wildman–Crippen MR) is 155 cm³/mol. The highest BCUT2D eigenvalue weighted by atomic mass is 35.5. The molecular weight excluding hydrogens is 558 g/mol. The van der Waals surface area contributed by atoms with E-state index in [1.807, 2.05) is 36.4 Å². The summed E-state index contributed by atoms with van der Waals surface area (Å²) in [6.07, 6.45) is 2.41. The summed E-state index contributed by atoms with van der Waals surface area (Å²) < 4.78 is 15.2. The molecule has 1 saturated carbocycles. The van der Waals surface area contributed by atoms with Gasteiger partial charge in [0.1, 0.15) is 12.5 Å². The van der Waals surface area contributed by atoms with Crippen LogP contribution in [0.3, 0.4) is 0 Å². The van der Waals surface area contributed by atoms with Gasteiger partial charge in [-0.2, -0.15) is 0 Å². The van der Waals surface area contributed by atoms with E-state index in [2.05, 4.69) is 20.9 Å². The number of nitrogens with zero attached hydrogens (tertiary/aromatic N) is 3. The van der Waals surface area contributed by atoms with Gasteiger partial charge in [-0.15, -0.1) is 11.3 Å². The molecule has 2 aromatic heterocycles. The number of halogens is 2. The SMILES string of the molecule is C[P+](=O)c1ccc2c(c1)nc1n2C[C@H]2[C@@H]1C(c1ccc(Cl)s1)C(C(=O)Nc1cccc(Cl)c1)N2CC1CC1. The van der Waals surface area contributed by atoms with E-state index in [0.717, 1.165) is 40.1 Å². The Kier molecular flexibility index (Phi) is 6.14. The van der Waals surface area contributed by atoms with Gasteiger partial charge in [0, 0.05) is 52.6 Å². The zero-order valence-corrected chi connectivity index (χ0v) is 23.9. The van der Waals surface area contributed by atoms with Crippen molar-refractivity contribution >= 4 is 70.3 Å². The first-order valence-corrected chi connectivity index (χ1v) is 16.1. The molecule has 0 bridgehead atoms. The first-order valence-electron chi connectivity index (χ1n) is 12.9. The zero-order chi connectivity index (χ0) is 26.1. The number of likely N-dealkylation sites (tertiary alicyclic amines) is 1. The van der Waals surface area contributed by atoms with Crippen molar-refractivity contribution in [3.05, 3.63) is 74.7 Å². The van der Waals surface area contributed by atoms with Crippen LogP contribution < -0.4 is 10.6 Å². The molecule has 0 spiro atoms. The fourth-order valence-electron chi connectivity index (χ4n) is 6.36. The maximum atomic E-state index is 14.1. The summed E-state index contributed by atoms with van der Waals surface area (Å²) in [5.41, 5.74) is 2.62. The highest BCUT2D eigenvalue weighted by molar-refractivity contribution is 7.52. The van der Waals surface area contributed by atoms with Crippen molar-refractivity contribution in [1.82, 2.24) is 14.5 Å². The predicted octanol–water partition coefficient (Wildman–Crippen LogP) is 6.47. The minimum atomic E-state index is -1.44. The van der Waals surface area contributed by atoms with Gasteiger partial charge in [0.25, 0.3) is 0 Å². The Morgan fingerprint density at radius 2 is 1.97 bits per heavy atom. The van der Waals surface area contributed by atoms with Crippen LogP contribution in [0.15, 0.2) is 54.6 Å². The average molecular weight is 584 g/mol. The number of carbonyl (C=O) groups excluding carboxylic acids is 1. The molecule has 7 rings (SSSR count). The van der Waals surface area contributed by atoms with Crippen LogP contribution in [0.2, 0.25) is 9.36 Å². The molecule has 1 N–H and O–H groups in total. The molecule has 4 heterocycles. The normalized spacial score (nSPS) is 25.0. The molecule has 10 heteroatoms. The largest absolute Gasteiger partial charge is 0.373 e. The zero-order valence-electron chi connectivity index (χ0n) is 20.7. The van der Waals surface area contributed by atoms with Crippen molar-refractivity contribution in [1.29, 1.82) is 0 Å². The number of rotatable bonds is 6. The molecule has 2 aliphatic heterocycles. The van der Waals surface area contributed by atoms with E-state index in [1.54, 1.807) is 30.1 Å². The van der Waals surface area contributed by atoms with Crippen LogP contribution in [0.25, 0.3) is 11.0 Å². The molecule has 38 heavy (non-hydrogen) atoms. The molecule has 4 aromatic rings. The highest BCUT2D eigenvalue weighted by Gasteiger charge is 2.58. The number of imidazole rings is 1. The summed E-state index contributed by atoms with van der Waals surface area (Å²) >= 11 is 14.2. The molecule has 0 radical (unpaired) electrons. The van der Waals surface area contributed by atoms with Crippen molar-refractivity contribution in [3.8, 4) is 0 Å². The number of benzene rings is 2. The first kappa shape index (κ1) is 24.7. The first-order chi connectivity index (χ1) is 18.4. The van der Waals surface area contributed by atoms with Crippen molar-refractivity contribution < 1.29 is 9.36 Å². The standard InChI is InChI=1S/C28H25Cl2N4O2PS/c1-37(36)18-7-8-20-19(12-18)32-27-24-21(14-34(20)27)33(13-15-5-6-15)26(25(24)22-9-10-23(30)38-22)28(35)31-17-4-2-3-16(29)11-17/h2-4,7-12,15,21,24-26H,5-6,13-14H2,1H3/p+1/t21-,24+,25?,26?/m0/s1. The lowest BCUT2D eigenvalue weighted by Crippen LogP contribution is -2.46. The molecule has 1 aliphatic carbocycles. The van der Waals surface area contributed by atoms with Crippen molar-refractivity contribution in [2.24, 2.45) is 5.92 Å². The quantitative estimate of drug-likeness (QED) is 0.264. The van der Waals surface area contributed by atoms with Gasteiger partial charge in [0.05, 0.1) is 21.4 Å². The smallest absolute Gasteiger partial charge is 0.326 e. The molecule has 3 aliphatic rings. The summed E-state index contributed by atoms with van der Waals surface area (Å²) in [7, 11) is -1.44. The summed E-state index contributed by atoms with van der Waals surface area (Å²) in [5.74, 6) is 1.56. The summed E-state index contributed by atoms with van der Waals surface area (Å²) in [5, 5.41) is 4.56. The molecule has 2 aromatic carbocycles. The third-order valence-electron chi connectivity index (χ3n) is 8.17. The van der Waals surface area contributed by atoms with Crippen LogP contribution in [0.5, 0.6) is 0 Å². The molecule has 2 fully saturated rings. The number of thiophene rings is 1. The van der Waals surface area contributed by atoms with Gasteiger partial charge in [0.15, 0.2) is 5.30 Å². The Balaban J connectivity index is 1.34. The van der Waals surface area contributed by atoms with Gasteiger partial charge in [-0.1, -0.05) is 33.8 Å². The number of fused-ring (bicyclic) bond motifs is 5. The number of hydrogen-bond donors (Lipinski definition) is 1. The van der Waals surface area contributed by atoms with Gasteiger partial charge in [-0.25, -0.2) is 4.98 Å². The van der Waals surface area contributed by atoms with Gasteiger partial charge < -0.3 is 9.88 Å². The average Bonchev–Trinajstić information content (AvgIpc) is 3.18. The van der Waals surface area contributed by atoms with Gasteiger partial charge in [0.2, 0.25) is 5.91 Å². The van der Waals surface area contributed by atoms with E-state index in [-0.39, 0.29) is 29.8 Å². The number of hydrogen-bond acceptors (Lipinski definition) is 5. The Morgan fingerprint density at radius 3 is 2.68 bits per heavy atom. The van der Waals surface area contributed by atoms with Crippen LogP contribution in [0, 0.1) is 5.92 Å². The lowest BCUT2D eigenvalue weighted by atomic mass is 9.86. The van der Waals surface area contributed by atoms with Gasteiger partial charge in [-0.05, 0) is 61.2 Å². The second-order valence-corrected chi connectivity index (χ2v) is 14.3. The second kappa shape index (κ2) is 9.42. The van der Waals surface area contributed by atoms with Crippen LogP contribution in [-0.2, 0) is 15.9 Å². The monoisotopic (exact) mass is 583 g/mol.